The van der Waals surface area contributed by atoms with Gasteiger partial charge in [-0.2, -0.15) is 0 Å². The molecule has 2 aliphatic heterocycles. The molecular weight excluding hydrogens is 524 g/mol. The molecule has 2 saturated heterocycles. The zero-order valence-electron chi connectivity index (χ0n) is 25.5. The van der Waals surface area contributed by atoms with Crippen LogP contribution in [0.4, 0.5) is 0 Å². The lowest BCUT2D eigenvalue weighted by atomic mass is 9.85. The van der Waals surface area contributed by atoms with Crippen molar-refractivity contribution in [3.63, 3.8) is 0 Å². The molecule has 2 rings (SSSR count). The van der Waals surface area contributed by atoms with Crippen LogP contribution in [-0.2, 0) is 23.8 Å². The predicted octanol–water partition coefficient (Wildman–Crippen LogP) is 6.37. The standard InChI is InChI=1S/C33H50O8/c1-7-8-18-32(29(39-6)15-11-24(3)22-31(37)38)20-21-33(41-32)19-17-26(5)28(40-33)14-10-23(2)9-13-27(34)25(4)12-16-30(35)36/h9-13,15-16,22,25-29,34H,7-8,14,17-21H2,1-6H3,(H,35,36)(H,37,38)/b13-9+,15-11+,16-12+,23-10+,24-22+/t25-,26-,27-,28+,29?,32+,33-/m0/s1. The van der Waals surface area contributed by atoms with Crippen molar-refractivity contribution < 1.29 is 39.1 Å². The van der Waals surface area contributed by atoms with Crippen molar-refractivity contribution in [1.82, 2.24) is 0 Å². The van der Waals surface area contributed by atoms with Gasteiger partial charge in [-0.3, -0.25) is 0 Å². The number of allylic oxidation sites excluding steroid dienone is 4. The number of ether oxygens (including phenoxy) is 3. The maximum atomic E-state index is 11.1. The molecule has 8 heteroatoms. The summed E-state index contributed by atoms with van der Waals surface area (Å²) in [5, 5.41) is 28.2. The molecule has 2 fully saturated rings. The molecule has 1 spiro atoms. The summed E-state index contributed by atoms with van der Waals surface area (Å²) in [7, 11) is 1.67. The fourth-order valence-electron chi connectivity index (χ4n) is 5.59. The molecule has 2 aliphatic rings. The maximum Gasteiger partial charge on any atom is 0.328 e. The van der Waals surface area contributed by atoms with E-state index in [2.05, 4.69) is 19.9 Å². The van der Waals surface area contributed by atoms with Crippen molar-refractivity contribution in [2.75, 3.05) is 7.11 Å². The number of carboxylic acids is 2. The third kappa shape index (κ3) is 10.7. The SMILES string of the molecule is CCCC[C@]1(C(/C=C/C(C)=C/C(=O)O)OC)CC[C@]2(CC[C@H](C)[C@@H](C/C=C(C)/C=C/[C@H](O)[C@@H](C)/C=C/C(=O)O)O2)O1. The molecule has 8 nitrogen and oxygen atoms in total. The van der Waals surface area contributed by atoms with Gasteiger partial charge in [0, 0.05) is 38.0 Å². The highest BCUT2D eigenvalue weighted by Gasteiger charge is 2.55. The minimum Gasteiger partial charge on any atom is -0.478 e. The summed E-state index contributed by atoms with van der Waals surface area (Å²) in [4.78, 5) is 21.8. The second-order valence-corrected chi connectivity index (χ2v) is 11.7. The Hall–Kier alpha value is -2.52. The van der Waals surface area contributed by atoms with E-state index in [9.17, 15) is 14.7 Å². The lowest BCUT2D eigenvalue weighted by molar-refractivity contribution is -0.308. The van der Waals surface area contributed by atoms with Crippen molar-refractivity contribution in [3.05, 3.63) is 59.8 Å². The Kier molecular flexibility index (Phi) is 13.7. The van der Waals surface area contributed by atoms with Gasteiger partial charge in [-0.05, 0) is 51.0 Å². The number of methoxy groups -OCH3 is 1. The Labute approximate surface area is 245 Å². The normalized spacial score (nSPS) is 30.0. The molecule has 41 heavy (non-hydrogen) atoms. The van der Waals surface area contributed by atoms with Crippen LogP contribution in [-0.4, -0.2) is 64.1 Å². The summed E-state index contributed by atoms with van der Waals surface area (Å²) in [5.74, 6) is -2.65. The molecule has 1 unspecified atom stereocenters. The summed E-state index contributed by atoms with van der Waals surface area (Å²) >= 11 is 0. The van der Waals surface area contributed by atoms with Gasteiger partial charge in [0.2, 0.25) is 0 Å². The van der Waals surface area contributed by atoms with Gasteiger partial charge in [0.05, 0.1) is 12.2 Å². The maximum absolute atomic E-state index is 11.1. The van der Waals surface area contributed by atoms with Gasteiger partial charge in [0.25, 0.3) is 0 Å². The number of aliphatic hydroxyl groups excluding tert-OH is 1. The fourth-order valence-corrected chi connectivity index (χ4v) is 5.59. The van der Waals surface area contributed by atoms with Crippen LogP contribution < -0.4 is 0 Å². The fraction of sp³-hybridized carbons (Fsp3) is 0.636. The van der Waals surface area contributed by atoms with E-state index in [1.807, 2.05) is 19.1 Å². The average Bonchev–Trinajstić information content (AvgIpc) is 3.28. The van der Waals surface area contributed by atoms with Crippen molar-refractivity contribution in [2.45, 2.75) is 116 Å². The molecule has 2 heterocycles. The third-order valence-corrected chi connectivity index (χ3v) is 8.22. The number of carboxylic acid groups (broad SMARTS) is 2. The van der Waals surface area contributed by atoms with E-state index >= 15 is 0 Å². The van der Waals surface area contributed by atoms with Crippen LogP contribution in [0.2, 0.25) is 0 Å². The first-order valence-electron chi connectivity index (χ1n) is 14.8. The molecule has 7 atom stereocenters. The molecule has 0 amide bonds. The van der Waals surface area contributed by atoms with Crippen LogP contribution in [0, 0.1) is 11.8 Å². The van der Waals surface area contributed by atoms with Gasteiger partial charge in [-0.1, -0.05) is 75.6 Å². The van der Waals surface area contributed by atoms with E-state index in [-0.39, 0.29) is 18.1 Å². The molecular formula is C33H50O8. The average molecular weight is 575 g/mol. The van der Waals surface area contributed by atoms with Crippen LogP contribution in [0.1, 0.15) is 86.0 Å². The lowest BCUT2D eigenvalue weighted by Crippen LogP contribution is -2.49. The van der Waals surface area contributed by atoms with Crippen LogP contribution in [0.5, 0.6) is 0 Å². The molecule has 0 aromatic heterocycles. The molecule has 230 valence electrons. The van der Waals surface area contributed by atoms with E-state index in [4.69, 9.17) is 24.4 Å². The first-order valence-corrected chi connectivity index (χ1v) is 14.8. The lowest BCUT2D eigenvalue weighted by Gasteiger charge is -2.44. The smallest absolute Gasteiger partial charge is 0.328 e. The largest absolute Gasteiger partial charge is 0.478 e. The van der Waals surface area contributed by atoms with E-state index in [1.54, 1.807) is 33.1 Å². The Morgan fingerprint density at radius 1 is 1.02 bits per heavy atom. The van der Waals surface area contributed by atoms with E-state index in [0.717, 1.165) is 56.6 Å². The summed E-state index contributed by atoms with van der Waals surface area (Å²) in [6.45, 7) is 9.85. The van der Waals surface area contributed by atoms with Crippen LogP contribution in [0.25, 0.3) is 0 Å². The summed E-state index contributed by atoms with van der Waals surface area (Å²) < 4.78 is 19.6. The summed E-state index contributed by atoms with van der Waals surface area (Å²) in [5.41, 5.74) is 1.08. The van der Waals surface area contributed by atoms with Crippen molar-refractivity contribution in [1.29, 1.82) is 0 Å². The molecule has 0 radical (unpaired) electrons. The molecule has 0 saturated carbocycles. The van der Waals surface area contributed by atoms with Gasteiger partial charge in [0.15, 0.2) is 5.79 Å². The van der Waals surface area contributed by atoms with Gasteiger partial charge < -0.3 is 29.5 Å². The quantitative estimate of drug-likeness (QED) is 0.152. The topological polar surface area (TPSA) is 123 Å². The highest BCUT2D eigenvalue weighted by Crippen LogP contribution is 2.50. The second-order valence-electron chi connectivity index (χ2n) is 11.7. The minimum atomic E-state index is -1.03. The Bertz CT molecular complexity index is 1020. The Morgan fingerprint density at radius 3 is 2.37 bits per heavy atom. The highest BCUT2D eigenvalue weighted by atomic mass is 16.7. The number of hydrogen-bond donors (Lipinski definition) is 3. The van der Waals surface area contributed by atoms with E-state index in [0.29, 0.717) is 17.9 Å². The minimum absolute atomic E-state index is 0.0197. The zero-order valence-corrected chi connectivity index (χ0v) is 25.5. The van der Waals surface area contributed by atoms with Crippen molar-refractivity contribution >= 4 is 11.9 Å². The molecule has 0 aromatic carbocycles. The summed E-state index contributed by atoms with van der Waals surface area (Å²) in [6.07, 6.45) is 18.8. The first kappa shape index (κ1) is 34.7. The zero-order chi connectivity index (χ0) is 30.6. The van der Waals surface area contributed by atoms with Crippen LogP contribution >= 0.6 is 0 Å². The van der Waals surface area contributed by atoms with Gasteiger partial charge in [-0.15, -0.1) is 0 Å². The van der Waals surface area contributed by atoms with Crippen LogP contribution in [0.15, 0.2) is 59.8 Å². The van der Waals surface area contributed by atoms with Crippen LogP contribution in [0.3, 0.4) is 0 Å². The molecule has 0 bridgehead atoms. The van der Waals surface area contributed by atoms with E-state index < -0.39 is 29.4 Å². The second kappa shape index (κ2) is 16.2. The van der Waals surface area contributed by atoms with E-state index in [1.165, 1.54) is 12.2 Å². The number of hydrogen-bond acceptors (Lipinski definition) is 6. The molecule has 0 aromatic rings. The Balaban J connectivity index is 2.15. The number of rotatable bonds is 15. The Morgan fingerprint density at radius 2 is 1.73 bits per heavy atom. The van der Waals surface area contributed by atoms with Gasteiger partial charge >= 0.3 is 11.9 Å². The molecule has 3 N–H and O–H groups in total. The number of aliphatic hydroxyl groups is 1. The summed E-state index contributed by atoms with van der Waals surface area (Å²) in [6, 6.07) is 0. The van der Waals surface area contributed by atoms with Gasteiger partial charge in [-0.25, -0.2) is 9.59 Å². The molecule has 0 aliphatic carbocycles. The monoisotopic (exact) mass is 574 g/mol. The van der Waals surface area contributed by atoms with Crippen molar-refractivity contribution in [2.24, 2.45) is 11.8 Å². The number of aliphatic carboxylic acids is 2. The highest BCUT2D eigenvalue weighted by molar-refractivity contribution is 5.81. The predicted molar refractivity (Wildman–Crippen MR) is 159 cm³/mol. The number of carbonyl (C=O) groups is 2. The van der Waals surface area contributed by atoms with Crippen molar-refractivity contribution in [3.8, 4) is 0 Å². The van der Waals surface area contributed by atoms with Gasteiger partial charge in [0.1, 0.15) is 11.7 Å². The first-order chi connectivity index (χ1) is 19.3. The third-order valence-electron chi connectivity index (χ3n) is 8.22. The number of unbranched alkanes of at least 4 members (excludes halogenated alkanes) is 1.